The monoisotopic (exact) mass is 263 g/mol. The Morgan fingerprint density at radius 3 is 2.69 bits per heavy atom. The Morgan fingerprint density at radius 1 is 1.50 bits per heavy atom. The molecule has 0 bridgehead atoms. The highest BCUT2D eigenvalue weighted by atomic mass is 32.2. The molecule has 0 amide bonds. The lowest BCUT2D eigenvalue weighted by atomic mass is 10.4. The SMILES string of the molecule is Cc1ncsc1CNCCS(=O)(=O)N(C)C. The highest BCUT2D eigenvalue weighted by molar-refractivity contribution is 7.89. The molecule has 16 heavy (non-hydrogen) atoms. The van der Waals surface area contributed by atoms with Crippen LogP contribution in [-0.4, -0.2) is 44.1 Å². The Kier molecular flexibility index (Phi) is 4.85. The molecule has 0 saturated carbocycles. The van der Waals surface area contributed by atoms with Crippen LogP contribution >= 0.6 is 11.3 Å². The van der Waals surface area contributed by atoms with Gasteiger partial charge in [-0.2, -0.15) is 0 Å². The number of hydrogen-bond acceptors (Lipinski definition) is 5. The van der Waals surface area contributed by atoms with Crippen molar-refractivity contribution in [3.8, 4) is 0 Å². The van der Waals surface area contributed by atoms with Gasteiger partial charge in [-0.05, 0) is 6.92 Å². The third-order valence-corrected chi connectivity index (χ3v) is 4.99. The van der Waals surface area contributed by atoms with Crippen molar-refractivity contribution in [2.45, 2.75) is 13.5 Å². The largest absolute Gasteiger partial charge is 0.311 e. The van der Waals surface area contributed by atoms with E-state index in [1.807, 2.05) is 6.92 Å². The smallest absolute Gasteiger partial charge is 0.214 e. The normalized spacial score (nSPS) is 12.2. The van der Waals surface area contributed by atoms with Gasteiger partial charge >= 0.3 is 0 Å². The summed E-state index contributed by atoms with van der Waals surface area (Å²) in [7, 11) is -0.00213. The van der Waals surface area contributed by atoms with Crippen molar-refractivity contribution in [3.63, 3.8) is 0 Å². The van der Waals surface area contributed by atoms with Crippen LogP contribution in [0, 0.1) is 6.92 Å². The lowest BCUT2D eigenvalue weighted by molar-refractivity contribution is 0.517. The van der Waals surface area contributed by atoms with Gasteiger partial charge in [0.15, 0.2) is 0 Å². The molecule has 0 spiro atoms. The maximum Gasteiger partial charge on any atom is 0.214 e. The zero-order valence-electron chi connectivity index (χ0n) is 9.73. The van der Waals surface area contributed by atoms with Crippen LogP contribution in [0.3, 0.4) is 0 Å². The van der Waals surface area contributed by atoms with E-state index in [2.05, 4.69) is 10.3 Å². The summed E-state index contributed by atoms with van der Waals surface area (Å²) in [6.07, 6.45) is 0. The molecule has 5 nitrogen and oxygen atoms in total. The van der Waals surface area contributed by atoms with E-state index in [0.29, 0.717) is 13.1 Å². The molecule has 1 aromatic heterocycles. The van der Waals surface area contributed by atoms with Gasteiger partial charge in [0, 0.05) is 32.1 Å². The minimum Gasteiger partial charge on any atom is -0.311 e. The molecular formula is C9H17N3O2S2. The number of nitrogens with zero attached hydrogens (tertiary/aromatic N) is 2. The third kappa shape index (κ3) is 3.82. The molecule has 0 radical (unpaired) electrons. The van der Waals surface area contributed by atoms with Crippen LogP contribution in [0.5, 0.6) is 0 Å². The summed E-state index contributed by atoms with van der Waals surface area (Å²) < 4.78 is 24.1. The molecule has 0 aliphatic heterocycles. The fourth-order valence-electron chi connectivity index (χ4n) is 1.08. The Balaban J connectivity index is 2.30. The predicted octanol–water partition coefficient (Wildman–Crippen LogP) is 0.433. The van der Waals surface area contributed by atoms with E-state index in [-0.39, 0.29) is 5.75 Å². The highest BCUT2D eigenvalue weighted by Crippen LogP contribution is 2.10. The van der Waals surface area contributed by atoms with Gasteiger partial charge < -0.3 is 5.32 Å². The quantitative estimate of drug-likeness (QED) is 0.756. The van der Waals surface area contributed by atoms with Crippen LogP contribution in [0.1, 0.15) is 10.6 Å². The van der Waals surface area contributed by atoms with Crippen molar-refractivity contribution in [2.75, 3.05) is 26.4 Å². The first-order chi connectivity index (χ1) is 7.43. The first-order valence-corrected chi connectivity index (χ1v) is 7.42. The summed E-state index contributed by atoms with van der Waals surface area (Å²) in [4.78, 5) is 5.28. The van der Waals surface area contributed by atoms with Crippen LogP contribution in [0.15, 0.2) is 5.51 Å². The van der Waals surface area contributed by atoms with Crippen molar-refractivity contribution in [3.05, 3.63) is 16.1 Å². The molecule has 0 aliphatic rings. The van der Waals surface area contributed by atoms with E-state index in [1.54, 1.807) is 30.9 Å². The molecule has 1 aromatic rings. The fraction of sp³-hybridized carbons (Fsp3) is 0.667. The molecule has 7 heteroatoms. The standard InChI is InChI=1S/C9H17N3O2S2/c1-8-9(15-7-11-8)6-10-4-5-16(13,14)12(2)3/h7,10H,4-6H2,1-3H3. The molecule has 92 valence electrons. The fourth-order valence-corrected chi connectivity index (χ4v) is 2.60. The first kappa shape index (κ1) is 13.6. The molecule has 1 N–H and O–H groups in total. The summed E-state index contributed by atoms with van der Waals surface area (Å²) in [6, 6.07) is 0. The van der Waals surface area contributed by atoms with Gasteiger partial charge in [0.2, 0.25) is 10.0 Å². The Labute approximate surface area is 101 Å². The number of sulfonamides is 1. The Morgan fingerprint density at radius 2 is 2.19 bits per heavy atom. The second kappa shape index (κ2) is 5.72. The topological polar surface area (TPSA) is 62.3 Å². The molecule has 0 aliphatic carbocycles. The average Bonchev–Trinajstić information content (AvgIpc) is 2.59. The summed E-state index contributed by atoms with van der Waals surface area (Å²) in [5.74, 6) is 0.123. The van der Waals surface area contributed by atoms with Crippen LogP contribution in [0.25, 0.3) is 0 Å². The van der Waals surface area contributed by atoms with Gasteiger partial charge in [0.25, 0.3) is 0 Å². The van der Waals surface area contributed by atoms with E-state index >= 15 is 0 Å². The molecule has 1 rings (SSSR count). The van der Waals surface area contributed by atoms with E-state index < -0.39 is 10.0 Å². The van der Waals surface area contributed by atoms with Crippen LogP contribution in [0.4, 0.5) is 0 Å². The molecule has 0 saturated heterocycles. The average molecular weight is 263 g/mol. The number of nitrogens with one attached hydrogen (secondary N) is 1. The predicted molar refractivity (Wildman–Crippen MR) is 66.0 cm³/mol. The van der Waals surface area contributed by atoms with Gasteiger partial charge in [-0.1, -0.05) is 0 Å². The van der Waals surface area contributed by atoms with E-state index in [9.17, 15) is 8.42 Å². The Hall–Kier alpha value is -0.500. The summed E-state index contributed by atoms with van der Waals surface area (Å²) >= 11 is 1.58. The van der Waals surface area contributed by atoms with Gasteiger partial charge in [0.1, 0.15) is 0 Å². The van der Waals surface area contributed by atoms with Crippen molar-refractivity contribution >= 4 is 21.4 Å². The zero-order chi connectivity index (χ0) is 12.2. The van der Waals surface area contributed by atoms with Crippen LogP contribution < -0.4 is 5.32 Å². The molecule has 0 fully saturated rings. The number of aromatic nitrogens is 1. The van der Waals surface area contributed by atoms with Gasteiger partial charge in [-0.25, -0.2) is 17.7 Å². The second-order valence-electron chi connectivity index (χ2n) is 3.64. The van der Waals surface area contributed by atoms with Crippen LogP contribution in [0.2, 0.25) is 0 Å². The molecule has 0 unspecified atom stereocenters. The second-order valence-corrected chi connectivity index (χ2v) is 6.88. The summed E-state index contributed by atoms with van der Waals surface area (Å²) in [5, 5.41) is 3.10. The van der Waals surface area contributed by atoms with Crippen molar-refractivity contribution in [1.82, 2.24) is 14.6 Å². The maximum atomic E-state index is 11.4. The third-order valence-electron chi connectivity index (χ3n) is 2.22. The van der Waals surface area contributed by atoms with E-state index in [1.165, 1.54) is 4.31 Å². The van der Waals surface area contributed by atoms with E-state index in [4.69, 9.17) is 0 Å². The number of rotatable bonds is 6. The Bertz CT molecular complexity index is 426. The minimum atomic E-state index is -3.09. The molecular weight excluding hydrogens is 246 g/mol. The van der Waals surface area contributed by atoms with Gasteiger partial charge in [-0.3, -0.25) is 0 Å². The summed E-state index contributed by atoms with van der Waals surface area (Å²) in [6.45, 7) is 3.08. The maximum absolute atomic E-state index is 11.4. The summed E-state index contributed by atoms with van der Waals surface area (Å²) in [5.41, 5.74) is 2.80. The number of thiazole rings is 1. The van der Waals surface area contributed by atoms with Crippen molar-refractivity contribution in [1.29, 1.82) is 0 Å². The number of hydrogen-bond donors (Lipinski definition) is 1. The van der Waals surface area contributed by atoms with Crippen molar-refractivity contribution in [2.24, 2.45) is 0 Å². The zero-order valence-corrected chi connectivity index (χ0v) is 11.4. The highest BCUT2D eigenvalue weighted by Gasteiger charge is 2.12. The van der Waals surface area contributed by atoms with Gasteiger partial charge in [0.05, 0.1) is 17.0 Å². The van der Waals surface area contributed by atoms with Crippen molar-refractivity contribution < 1.29 is 8.42 Å². The van der Waals surface area contributed by atoms with Gasteiger partial charge in [-0.15, -0.1) is 11.3 Å². The van der Waals surface area contributed by atoms with Crippen LogP contribution in [-0.2, 0) is 16.6 Å². The lowest BCUT2D eigenvalue weighted by Gasteiger charge is -2.11. The minimum absolute atomic E-state index is 0.123. The van der Waals surface area contributed by atoms with E-state index in [0.717, 1.165) is 10.6 Å². The number of aryl methyl sites for hydroxylation is 1. The molecule has 0 aromatic carbocycles. The lowest BCUT2D eigenvalue weighted by Crippen LogP contribution is -2.30. The first-order valence-electron chi connectivity index (χ1n) is 4.93. The molecule has 0 atom stereocenters. The molecule has 1 heterocycles.